The van der Waals surface area contributed by atoms with Crippen LogP contribution in [0.25, 0.3) is 0 Å². The van der Waals surface area contributed by atoms with Crippen molar-refractivity contribution in [1.29, 1.82) is 0 Å². The van der Waals surface area contributed by atoms with E-state index in [1.165, 1.54) is 12.1 Å². The number of nitrogens with one attached hydrogen (secondary N) is 1. The van der Waals surface area contributed by atoms with Crippen LogP contribution in [0.1, 0.15) is 28.8 Å². The maximum Gasteiger partial charge on any atom is 0.406 e. The molecular formula is C12H12F3NO2. The van der Waals surface area contributed by atoms with E-state index in [1.54, 1.807) is 12.1 Å². The van der Waals surface area contributed by atoms with Gasteiger partial charge >= 0.3 is 12.1 Å². The van der Waals surface area contributed by atoms with Gasteiger partial charge in [-0.1, -0.05) is 18.2 Å². The lowest BCUT2D eigenvalue weighted by Crippen LogP contribution is -2.44. The first-order valence-corrected chi connectivity index (χ1v) is 5.49. The highest BCUT2D eigenvalue weighted by Crippen LogP contribution is 2.49. The highest BCUT2D eigenvalue weighted by atomic mass is 19.4. The van der Waals surface area contributed by atoms with Crippen LogP contribution in [0, 0.1) is 0 Å². The highest BCUT2D eigenvalue weighted by Gasteiger charge is 2.62. The maximum atomic E-state index is 12.7. The van der Waals surface area contributed by atoms with E-state index >= 15 is 0 Å². The summed E-state index contributed by atoms with van der Waals surface area (Å²) in [6.07, 6.45) is -4.19. The first-order chi connectivity index (χ1) is 8.36. The molecule has 1 aromatic carbocycles. The fourth-order valence-electron chi connectivity index (χ4n) is 1.83. The minimum Gasteiger partial charge on any atom is -0.478 e. The van der Waals surface area contributed by atoms with Gasteiger partial charge in [-0.2, -0.15) is 13.2 Å². The average molecular weight is 259 g/mol. The molecule has 6 heteroatoms. The largest absolute Gasteiger partial charge is 0.478 e. The van der Waals surface area contributed by atoms with Crippen molar-refractivity contribution in [1.82, 2.24) is 5.32 Å². The molecule has 1 aromatic rings. The number of hydrogen-bond acceptors (Lipinski definition) is 2. The second kappa shape index (κ2) is 4.28. The van der Waals surface area contributed by atoms with E-state index < -0.39 is 17.7 Å². The van der Waals surface area contributed by atoms with E-state index in [2.05, 4.69) is 5.32 Å². The van der Waals surface area contributed by atoms with Crippen molar-refractivity contribution >= 4 is 5.97 Å². The fourth-order valence-corrected chi connectivity index (χ4v) is 1.83. The van der Waals surface area contributed by atoms with Gasteiger partial charge in [0.25, 0.3) is 0 Å². The molecule has 0 unspecified atom stereocenters. The van der Waals surface area contributed by atoms with Crippen molar-refractivity contribution in [2.24, 2.45) is 0 Å². The number of rotatable bonds is 4. The van der Waals surface area contributed by atoms with Crippen LogP contribution in [0.5, 0.6) is 0 Å². The first kappa shape index (κ1) is 12.9. The molecule has 1 aliphatic rings. The predicted octanol–water partition coefficient (Wildman–Crippen LogP) is 2.57. The van der Waals surface area contributed by atoms with Gasteiger partial charge < -0.3 is 5.11 Å². The standard InChI is InChI=1S/C12H12F3NO2/c13-12(14,15)11(5-6-11)16-7-8-3-1-2-4-9(8)10(17)18/h1-4,16H,5-7H2,(H,17,18). The molecule has 1 saturated carbocycles. The Morgan fingerprint density at radius 2 is 1.94 bits per heavy atom. The van der Waals surface area contributed by atoms with Crippen LogP contribution in [0.2, 0.25) is 0 Å². The summed E-state index contributed by atoms with van der Waals surface area (Å²) in [5.41, 5.74) is -1.43. The summed E-state index contributed by atoms with van der Waals surface area (Å²) in [5, 5.41) is 11.4. The molecule has 18 heavy (non-hydrogen) atoms. The number of carboxylic acid groups (broad SMARTS) is 1. The second-order valence-corrected chi connectivity index (χ2v) is 4.40. The summed E-state index contributed by atoms with van der Waals surface area (Å²) >= 11 is 0. The number of halogens is 3. The molecule has 3 nitrogen and oxygen atoms in total. The van der Waals surface area contributed by atoms with E-state index in [0.29, 0.717) is 5.56 Å². The monoisotopic (exact) mass is 259 g/mol. The van der Waals surface area contributed by atoms with Gasteiger partial charge in [-0.3, -0.25) is 5.32 Å². The number of benzene rings is 1. The topological polar surface area (TPSA) is 49.3 Å². The van der Waals surface area contributed by atoms with Crippen LogP contribution >= 0.6 is 0 Å². The van der Waals surface area contributed by atoms with E-state index in [1.807, 2.05) is 0 Å². The van der Waals surface area contributed by atoms with Crippen molar-refractivity contribution in [3.63, 3.8) is 0 Å². The van der Waals surface area contributed by atoms with E-state index in [4.69, 9.17) is 5.11 Å². The van der Waals surface area contributed by atoms with Crippen LogP contribution in [0.4, 0.5) is 13.2 Å². The number of carbonyl (C=O) groups is 1. The summed E-state index contributed by atoms with van der Waals surface area (Å²) in [7, 11) is 0. The van der Waals surface area contributed by atoms with Gasteiger partial charge in [-0.15, -0.1) is 0 Å². The van der Waals surface area contributed by atoms with Crippen LogP contribution in [-0.4, -0.2) is 22.8 Å². The third-order valence-electron chi connectivity index (χ3n) is 3.16. The van der Waals surface area contributed by atoms with Gasteiger partial charge in [0, 0.05) is 6.54 Å². The van der Waals surface area contributed by atoms with Crippen molar-refractivity contribution in [2.75, 3.05) is 0 Å². The van der Waals surface area contributed by atoms with E-state index in [9.17, 15) is 18.0 Å². The Morgan fingerprint density at radius 3 is 2.44 bits per heavy atom. The minimum absolute atomic E-state index is 0.0305. The number of carboxylic acids is 1. The average Bonchev–Trinajstić information content (AvgIpc) is 3.07. The van der Waals surface area contributed by atoms with Gasteiger partial charge in [0.05, 0.1) is 5.56 Å². The molecule has 0 bridgehead atoms. The maximum absolute atomic E-state index is 12.7. The summed E-state index contributed by atoms with van der Waals surface area (Å²) in [4.78, 5) is 10.9. The molecule has 1 aliphatic carbocycles. The predicted molar refractivity (Wildman–Crippen MR) is 58.3 cm³/mol. The Balaban J connectivity index is 2.10. The molecule has 0 spiro atoms. The third kappa shape index (κ3) is 2.33. The van der Waals surface area contributed by atoms with Crippen molar-refractivity contribution in [3.05, 3.63) is 35.4 Å². The second-order valence-electron chi connectivity index (χ2n) is 4.40. The van der Waals surface area contributed by atoms with Crippen molar-refractivity contribution in [2.45, 2.75) is 31.1 Å². The highest BCUT2D eigenvalue weighted by molar-refractivity contribution is 5.89. The summed E-state index contributed by atoms with van der Waals surface area (Å²) in [6.45, 7) is -0.0953. The molecule has 0 amide bonds. The number of alkyl halides is 3. The molecule has 0 aromatic heterocycles. The zero-order valence-electron chi connectivity index (χ0n) is 9.42. The zero-order chi connectivity index (χ0) is 13.4. The lowest BCUT2D eigenvalue weighted by atomic mass is 10.1. The Kier molecular flexibility index (Phi) is 3.06. The summed E-state index contributed by atoms with van der Waals surface area (Å²) < 4.78 is 38.0. The third-order valence-corrected chi connectivity index (χ3v) is 3.16. The number of aromatic carboxylic acids is 1. The molecule has 2 N–H and O–H groups in total. The van der Waals surface area contributed by atoms with Gasteiger partial charge in [-0.25, -0.2) is 4.79 Å². The smallest absolute Gasteiger partial charge is 0.406 e. The SMILES string of the molecule is O=C(O)c1ccccc1CNC1(C(F)(F)F)CC1. The van der Waals surface area contributed by atoms with Gasteiger partial charge in [-0.05, 0) is 24.5 Å². The molecule has 0 aliphatic heterocycles. The molecule has 0 saturated heterocycles. The van der Waals surface area contributed by atoms with Gasteiger partial charge in [0.15, 0.2) is 0 Å². The summed E-state index contributed by atoms with van der Waals surface area (Å²) in [5.74, 6) is -1.13. The Morgan fingerprint density at radius 1 is 1.33 bits per heavy atom. The van der Waals surface area contributed by atoms with E-state index in [0.717, 1.165) is 0 Å². The van der Waals surface area contributed by atoms with Crippen LogP contribution in [0.3, 0.4) is 0 Å². The van der Waals surface area contributed by atoms with Gasteiger partial charge in [0.1, 0.15) is 5.54 Å². The minimum atomic E-state index is -4.29. The molecule has 0 radical (unpaired) electrons. The molecule has 2 rings (SSSR count). The molecule has 0 heterocycles. The van der Waals surface area contributed by atoms with Crippen molar-refractivity contribution in [3.8, 4) is 0 Å². The van der Waals surface area contributed by atoms with Crippen LogP contribution in [0.15, 0.2) is 24.3 Å². The van der Waals surface area contributed by atoms with Crippen molar-refractivity contribution < 1.29 is 23.1 Å². The molecule has 0 atom stereocenters. The molecule has 98 valence electrons. The first-order valence-electron chi connectivity index (χ1n) is 5.49. The normalized spacial score (nSPS) is 17.5. The number of hydrogen-bond donors (Lipinski definition) is 2. The Bertz CT molecular complexity index is 467. The lowest BCUT2D eigenvalue weighted by Gasteiger charge is -2.21. The fraction of sp³-hybridized carbons (Fsp3) is 0.417. The zero-order valence-corrected chi connectivity index (χ0v) is 9.42. The van der Waals surface area contributed by atoms with E-state index in [-0.39, 0.29) is 24.9 Å². The van der Waals surface area contributed by atoms with Crippen LogP contribution < -0.4 is 5.32 Å². The lowest BCUT2D eigenvalue weighted by molar-refractivity contribution is -0.166. The Labute approximate surface area is 102 Å². The van der Waals surface area contributed by atoms with Gasteiger partial charge in [0.2, 0.25) is 0 Å². The molecular weight excluding hydrogens is 247 g/mol. The summed E-state index contributed by atoms with van der Waals surface area (Å²) in [6, 6.07) is 6.05. The quantitative estimate of drug-likeness (QED) is 0.873. The Hall–Kier alpha value is -1.56. The molecule has 1 fully saturated rings. The van der Waals surface area contributed by atoms with Crippen LogP contribution in [-0.2, 0) is 6.54 Å².